The topological polar surface area (TPSA) is 80.6 Å². The van der Waals surface area contributed by atoms with Crippen LogP contribution in [-0.4, -0.2) is 35.2 Å². The van der Waals surface area contributed by atoms with Gasteiger partial charge in [0.1, 0.15) is 5.75 Å². The van der Waals surface area contributed by atoms with Crippen molar-refractivity contribution in [3.05, 3.63) is 64.8 Å². The van der Waals surface area contributed by atoms with E-state index in [-0.39, 0.29) is 17.4 Å². The molecule has 0 fully saturated rings. The number of carbonyl (C=O) groups excluding carboxylic acids is 1. The fraction of sp³-hybridized carbons (Fsp3) is 0.407. The van der Waals surface area contributed by atoms with Crippen molar-refractivity contribution >= 4 is 22.8 Å². The summed E-state index contributed by atoms with van der Waals surface area (Å²) < 4.78 is 7.76. The number of benzene rings is 2. The molecule has 1 aromatic heterocycles. The number of hydrogen-bond donors (Lipinski definition) is 2. The van der Waals surface area contributed by atoms with E-state index < -0.39 is 5.97 Å². The lowest BCUT2D eigenvalue weighted by Crippen LogP contribution is -2.30. The Labute approximate surface area is 195 Å². The quantitative estimate of drug-likeness (QED) is 0.428. The second-order valence-electron chi connectivity index (χ2n) is 8.60. The minimum atomic E-state index is -0.971. The summed E-state index contributed by atoms with van der Waals surface area (Å²) in [5.74, 6) is -0.410. The first-order valence-corrected chi connectivity index (χ1v) is 11.7. The standard InChI is InChI=1S/C27H34N2O4/c1-5-11-28-26(30)18(3)13-19-7-10-24-23(14-19)22(17-29(24)12-6-2)15-20-8-9-21(27(31)32)16-25(20)33-4/h7-10,14,16-18H,5-6,11-13,15H2,1-4H3,(H,28,30)(H,31,32)/t18-/m0/s1. The highest BCUT2D eigenvalue weighted by Gasteiger charge is 2.16. The van der Waals surface area contributed by atoms with Crippen LogP contribution >= 0.6 is 0 Å². The van der Waals surface area contributed by atoms with Gasteiger partial charge >= 0.3 is 5.97 Å². The van der Waals surface area contributed by atoms with E-state index in [1.165, 1.54) is 5.52 Å². The number of nitrogens with one attached hydrogen (secondary N) is 1. The number of carboxylic acid groups (broad SMARTS) is 1. The number of rotatable bonds is 11. The van der Waals surface area contributed by atoms with Crippen LogP contribution in [0.4, 0.5) is 0 Å². The summed E-state index contributed by atoms with van der Waals surface area (Å²) in [6.45, 7) is 7.79. The first-order valence-electron chi connectivity index (χ1n) is 11.7. The van der Waals surface area contributed by atoms with Crippen LogP contribution in [0.2, 0.25) is 0 Å². The van der Waals surface area contributed by atoms with Crippen molar-refractivity contribution in [3.8, 4) is 5.75 Å². The van der Waals surface area contributed by atoms with E-state index in [1.807, 2.05) is 19.9 Å². The maximum atomic E-state index is 12.3. The van der Waals surface area contributed by atoms with Gasteiger partial charge in [0.15, 0.2) is 0 Å². The van der Waals surface area contributed by atoms with Crippen molar-refractivity contribution in [1.29, 1.82) is 0 Å². The van der Waals surface area contributed by atoms with Crippen LogP contribution in [-0.2, 0) is 24.2 Å². The summed E-state index contributed by atoms with van der Waals surface area (Å²) >= 11 is 0. The molecule has 0 aliphatic heterocycles. The van der Waals surface area contributed by atoms with Gasteiger partial charge in [0.2, 0.25) is 5.91 Å². The number of aromatic carboxylic acids is 1. The van der Waals surface area contributed by atoms with Gasteiger partial charge in [0.05, 0.1) is 12.7 Å². The Hall–Kier alpha value is -3.28. The van der Waals surface area contributed by atoms with Gasteiger partial charge in [-0.2, -0.15) is 0 Å². The molecule has 1 atom stereocenters. The Morgan fingerprint density at radius 2 is 1.88 bits per heavy atom. The number of aryl methyl sites for hydroxylation is 1. The van der Waals surface area contributed by atoms with Crippen LogP contribution in [0.25, 0.3) is 10.9 Å². The van der Waals surface area contributed by atoms with E-state index >= 15 is 0 Å². The van der Waals surface area contributed by atoms with Crippen LogP contribution in [0.5, 0.6) is 5.75 Å². The van der Waals surface area contributed by atoms with E-state index in [9.17, 15) is 14.7 Å². The third-order valence-electron chi connectivity index (χ3n) is 5.95. The Morgan fingerprint density at radius 3 is 2.55 bits per heavy atom. The smallest absolute Gasteiger partial charge is 0.335 e. The van der Waals surface area contributed by atoms with Crippen LogP contribution < -0.4 is 10.1 Å². The maximum absolute atomic E-state index is 12.3. The van der Waals surface area contributed by atoms with E-state index in [2.05, 4.69) is 41.2 Å². The molecule has 0 unspecified atom stereocenters. The Balaban J connectivity index is 1.95. The summed E-state index contributed by atoms with van der Waals surface area (Å²) in [7, 11) is 1.56. The fourth-order valence-corrected chi connectivity index (χ4v) is 4.21. The predicted molar refractivity (Wildman–Crippen MR) is 131 cm³/mol. The normalized spacial score (nSPS) is 12.0. The summed E-state index contributed by atoms with van der Waals surface area (Å²) in [6, 6.07) is 11.5. The molecule has 1 amide bonds. The first-order chi connectivity index (χ1) is 15.9. The molecule has 2 N–H and O–H groups in total. The zero-order chi connectivity index (χ0) is 24.0. The Kier molecular flexibility index (Phi) is 8.15. The van der Waals surface area contributed by atoms with E-state index in [0.29, 0.717) is 25.1 Å². The van der Waals surface area contributed by atoms with Gasteiger partial charge in [-0.1, -0.05) is 32.9 Å². The van der Waals surface area contributed by atoms with E-state index in [4.69, 9.17) is 4.74 Å². The van der Waals surface area contributed by atoms with Gasteiger partial charge in [-0.3, -0.25) is 4.79 Å². The molecule has 0 aliphatic carbocycles. The summed E-state index contributed by atoms with van der Waals surface area (Å²) in [4.78, 5) is 23.7. The molecule has 1 heterocycles. The minimum Gasteiger partial charge on any atom is -0.496 e. The second-order valence-corrected chi connectivity index (χ2v) is 8.60. The van der Waals surface area contributed by atoms with Crippen molar-refractivity contribution in [1.82, 2.24) is 9.88 Å². The second kappa shape index (κ2) is 11.0. The number of carbonyl (C=O) groups is 2. The summed E-state index contributed by atoms with van der Waals surface area (Å²) in [6.07, 6.45) is 5.44. The molecule has 0 saturated heterocycles. The molecule has 0 radical (unpaired) electrons. The molecule has 33 heavy (non-hydrogen) atoms. The maximum Gasteiger partial charge on any atom is 0.335 e. The molecule has 0 aliphatic rings. The summed E-state index contributed by atoms with van der Waals surface area (Å²) in [5.41, 5.74) is 4.60. The molecule has 0 bridgehead atoms. The van der Waals surface area contributed by atoms with Gasteiger partial charge < -0.3 is 19.7 Å². The lowest BCUT2D eigenvalue weighted by Gasteiger charge is -2.12. The number of ether oxygens (including phenoxy) is 1. The molecule has 6 nitrogen and oxygen atoms in total. The third kappa shape index (κ3) is 5.75. The average molecular weight is 451 g/mol. The van der Waals surface area contributed by atoms with Crippen molar-refractivity contribution in [2.24, 2.45) is 5.92 Å². The number of nitrogens with zero attached hydrogens (tertiary/aromatic N) is 1. The average Bonchev–Trinajstić information content (AvgIpc) is 3.14. The Morgan fingerprint density at radius 1 is 1.09 bits per heavy atom. The van der Waals surface area contributed by atoms with Crippen molar-refractivity contribution in [3.63, 3.8) is 0 Å². The summed E-state index contributed by atoms with van der Waals surface area (Å²) in [5, 5.41) is 13.4. The number of carboxylic acids is 1. The Bertz CT molecular complexity index is 1130. The highest BCUT2D eigenvalue weighted by Crippen LogP contribution is 2.30. The molecule has 176 valence electrons. The zero-order valence-corrected chi connectivity index (χ0v) is 20.0. The molecule has 6 heteroatoms. The van der Waals surface area contributed by atoms with Gasteiger partial charge in [-0.15, -0.1) is 0 Å². The molecule has 3 rings (SSSR count). The third-order valence-corrected chi connectivity index (χ3v) is 5.95. The number of hydrogen-bond acceptors (Lipinski definition) is 3. The zero-order valence-electron chi connectivity index (χ0n) is 20.0. The van der Waals surface area contributed by atoms with E-state index in [1.54, 1.807) is 19.2 Å². The highest BCUT2D eigenvalue weighted by molar-refractivity contribution is 5.88. The molecular formula is C27H34N2O4. The first kappa shape index (κ1) is 24.4. The van der Waals surface area contributed by atoms with E-state index in [0.717, 1.165) is 41.5 Å². The predicted octanol–water partition coefficient (Wildman–Crippen LogP) is 5.05. The molecule has 0 spiro atoms. The van der Waals surface area contributed by atoms with Gasteiger partial charge in [-0.25, -0.2) is 4.79 Å². The van der Waals surface area contributed by atoms with Crippen molar-refractivity contribution in [2.45, 2.75) is 53.0 Å². The lowest BCUT2D eigenvalue weighted by atomic mass is 9.97. The van der Waals surface area contributed by atoms with Gasteiger partial charge in [-0.05, 0) is 60.2 Å². The van der Waals surface area contributed by atoms with Crippen molar-refractivity contribution in [2.75, 3.05) is 13.7 Å². The largest absolute Gasteiger partial charge is 0.496 e. The van der Waals surface area contributed by atoms with Gasteiger partial charge in [0.25, 0.3) is 0 Å². The van der Waals surface area contributed by atoms with Crippen LogP contribution in [0, 0.1) is 5.92 Å². The molecule has 3 aromatic rings. The SMILES string of the molecule is CCCNC(=O)[C@@H](C)Cc1ccc2c(c1)c(Cc1ccc(C(=O)O)cc1OC)cn2CCC. The number of methoxy groups -OCH3 is 1. The van der Waals surface area contributed by atoms with Crippen molar-refractivity contribution < 1.29 is 19.4 Å². The fourth-order valence-electron chi connectivity index (χ4n) is 4.21. The monoisotopic (exact) mass is 450 g/mol. The highest BCUT2D eigenvalue weighted by atomic mass is 16.5. The van der Waals surface area contributed by atoms with Crippen LogP contribution in [0.15, 0.2) is 42.6 Å². The number of fused-ring (bicyclic) bond motifs is 1. The molecule has 0 saturated carbocycles. The van der Waals surface area contributed by atoms with Crippen LogP contribution in [0.1, 0.15) is 60.7 Å². The van der Waals surface area contributed by atoms with Crippen LogP contribution in [0.3, 0.4) is 0 Å². The minimum absolute atomic E-state index is 0.0870. The number of aromatic nitrogens is 1. The van der Waals surface area contributed by atoms with Gasteiger partial charge in [0, 0.05) is 42.5 Å². The number of amides is 1. The lowest BCUT2D eigenvalue weighted by molar-refractivity contribution is -0.124. The molecule has 2 aromatic carbocycles. The molecular weight excluding hydrogens is 416 g/mol.